The van der Waals surface area contributed by atoms with Crippen molar-refractivity contribution in [2.75, 3.05) is 5.32 Å². The van der Waals surface area contributed by atoms with E-state index < -0.39 is 12.1 Å². The summed E-state index contributed by atoms with van der Waals surface area (Å²) in [5, 5.41) is 3.43. The third kappa shape index (κ3) is 4.30. The number of para-hydroxylation sites is 1. The van der Waals surface area contributed by atoms with Gasteiger partial charge in [0.05, 0.1) is 6.20 Å². The van der Waals surface area contributed by atoms with E-state index in [0.29, 0.717) is 10.6 Å². The van der Waals surface area contributed by atoms with Crippen LogP contribution in [0.5, 0.6) is 0 Å². The van der Waals surface area contributed by atoms with Crippen molar-refractivity contribution in [3.63, 3.8) is 0 Å². The smallest absolute Gasteiger partial charge is 0.350 e. The lowest BCUT2D eigenvalue weighted by molar-refractivity contribution is -0.123. The molecule has 1 aromatic heterocycles. The summed E-state index contributed by atoms with van der Waals surface area (Å²) in [6.07, 6.45) is 0.562. The van der Waals surface area contributed by atoms with Crippen molar-refractivity contribution in [1.82, 2.24) is 4.98 Å². The molecule has 0 bridgehead atoms. The molecule has 3 rings (SSSR count). The van der Waals surface area contributed by atoms with Crippen LogP contribution in [0, 0.1) is 0 Å². The lowest BCUT2D eigenvalue weighted by Crippen LogP contribution is -2.29. The molecule has 6 heteroatoms. The van der Waals surface area contributed by atoms with Crippen LogP contribution < -0.4 is 5.32 Å². The minimum absolute atomic E-state index is 0.359. The van der Waals surface area contributed by atoms with Gasteiger partial charge in [0.1, 0.15) is 9.88 Å². The number of amides is 1. The fraction of sp³-hybridized carbons (Fsp3) is 0.105. The first kappa shape index (κ1) is 16.9. The van der Waals surface area contributed by atoms with Gasteiger partial charge in [0, 0.05) is 11.3 Å². The van der Waals surface area contributed by atoms with E-state index in [9.17, 15) is 9.59 Å². The fourth-order valence-corrected chi connectivity index (χ4v) is 2.92. The first-order valence-electron chi connectivity index (χ1n) is 7.71. The molecule has 1 unspecified atom stereocenters. The van der Waals surface area contributed by atoms with Gasteiger partial charge in [-0.25, -0.2) is 9.78 Å². The molecule has 25 heavy (non-hydrogen) atoms. The van der Waals surface area contributed by atoms with Crippen molar-refractivity contribution in [1.29, 1.82) is 0 Å². The number of esters is 1. The molecule has 126 valence electrons. The second kappa shape index (κ2) is 7.72. The standard InChI is InChI=1S/C19H16N2O3S/c1-13(17(22)21-15-10-6-3-7-11-15)24-19(23)16-12-20-18(25-16)14-8-4-2-5-9-14/h2-13H,1H3,(H,21,22). The summed E-state index contributed by atoms with van der Waals surface area (Å²) < 4.78 is 5.24. The Bertz CT molecular complexity index is 863. The topological polar surface area (TPSA) is 68.3 Å². The number of aromatic nitrogens is 1. The number of nitrogens with zero attached hydrogens (tertiary/aromatic N) is 1. The Balaban J connectivity index is 1.62. The van der Waals surface area contributed by atoms with Gasteiger partial charge in [0.15, 0.2) is 6.10 Å². The van der Waals surface area contributed by atoms with Gasteiger partial charge in [0.25, 0.3) is 5.91 Å². The minimum Gasteiger partial charge on any atom is -0.448 e. The number of anilines is 1. The van der Waals surface area contributed by atoms with Crippen molar-refractivity contribution < 1.29 is 14.3 Å². The first-order chi connectivity index (χ1) is 12.1. The highest BCUT2D eigenvalue weighted by molar-refractivity contribution is 7.16. The molecule has 1 heterocycles. The predicted octanol–water partition coefficient (Wildman–Crippen LogP) is 3.99. The van der Waals surface area contributed by atoms with Crippen LogP contribution in [0.2, 0.25) is 0 Å². The Morgan fingerprint density at radius 1 is 1.04 bits per heavy atom. The average Bonchev–Trinajstić information content (AvgIpc) is 3.13. The van der Waals surface area contributed by atoms with Crippen molar-refractivity contribution in [3.8, 4) is 10.6 Å². The highest BCUT2D eigenvalue weighted by Gasteiger charge is 2.21. The van der Waals surface area contributed by atoms with Crippen LogP contribution in [0.15, 0.2) is 66.9 Å². The third-order valence-electron chi connectivity index (χ3n) is 3.42. The number of rotatable bonds is 5. The molecule has 1 amide bonds. The van der Waals surface area contributed by atoms with Gasteiger partial charge in [-0.15, -0.1) is 11.3 Å². The van der Waals surface area contributed by atoms with E-state index >= 15 is 0 Å². The molecule has 0 spiro atoms. The molecule has 0 aliphatic carbocycles. The summed E-state index contributed by atoms with van der Waals surface area (Å²) in [6, 6.07) is 18.6. The fourth-order valence-electron chi connectivity index (χ4n) is 2.12. The molecule has 1 N–H and O–H groups in total. The van der Waals surface area contributed by atoms with E-state index in [0.717, 1.165) is 10.6 Å². The van der Waals surface area contributed by atoms with Gasteiger partial charge in [-0.2, -0.15) is 0 Å². The van der Waals surface area contributed by atoms with Crippen molar-refractivity contribution >= 4 is 28.9 Å². The van der Waals surface area contributed by atoms with Crippen molar-refractivity contribution in [2.45, 2.75) is 13.0 Å². The Morgan fingerprint density at radius 3 is 2.36 bits per heavy atom. The SMILES string of the molecule is CC(OC(=O)c1cnc(-c2ccccc2)s1)C(=O)Nc1ccccc1. The molecule has 2 aromatic carbocycles. The second-order valence-corrected chi connectivity index (χ2v) is 6.33. The molecular formula is C19H16N2O3S. The zero-order chi connectivity index (χ0) is 17.6. The molecule has 3 aromatic rings. The molecular weight excluding hydrogens is 336 g/mol. The summed E-state index contributed by atoms with van der Waals surface area (Å²) in [5.74, 6) is -0.942. The highest BCUT2D eigenvalue weighted by atomic mass is 32.1. The van der Waals surface area contributed by atoms with Gasteiger partial charge < -0.3 is 10.1 Å². The van der Waals surface area contributed by atoms with Gasteiger partial charge in [0.2, 0.25) is 0 Å². The lowest BCUT2D eigenvalue weighted by Gasteiger charge is -2.12. The molecule has 0 fully saturated rings. The quantitative estimate of drug-likeness (QED) is 0.705. The maximum Gasteiger partial charge on any atom is 0.350 e. The van der Waals surface area contributed by atoms with E-state index in [-0.39, 0.29) is 5.91 Å². The van der Waals surface area contributed by atoms with Crippen LogP contribution in [0.3, 0.4) is 0 Å². The monoisotopic (exact) mass is 352 g/mol. The van der Waals surface area contributed by atoms with E-state index in [1.54, 1.807) is 12.1 Å². The van der Waals surface area contributed by atoms with Crippen molar-refractivity contribution in [2.24, 2.45) is 0 Å². The molecule has 5 nitrogen and oxygen atoms in total. The Morgan fingerprint density at radius 2 is 1.68 bits per heavy atom. The number of nitrogens with one attached hydrogen (secondary N) is 1. The van der Waals surface area contributed by atoms with Crippen LogP contribution in [0.4, 0.5) is 5.69 Å². The van der Waals surface area contributed by atoms with Gasteiger partial charge >= 0.3 is 5.97 Å². The van der Waals surface area contributed by atoms with Crippen LogP contribution in [0.25, 0.3) is 10.6 Å². The van der Waals surface area contributed by atoms with E-state index in [1.807, 2.05) is 48.5 Å². The predicted molar refractivity (Wildman–Crippen MR) is 97.5 cm³/mol. The number of thiazole rings is 1. The second-order valence-electron chi connectivity index (χ2n) is 5.30. The number of hydrogen-bond acceptors (Lipinski definition) is 5. The zero-order valence-corrected chi connectivity index (χ0v) is 14.3. The van der Waals surface area contributed by atoms with E-state index in [4.69, 9.17) is 4.74 Å². The number of benzene rings is 2. The molecule has 0 aliphatic rings. The Labute approximate surface area is 149 Å². The summed E-state index contributed by atoms with van der Waals surface area (Å²) in [6.45, 7) is 1.54. The number of hydrogen-bond donors (Lipinski definition) is 1. The minimum atomic E-state index is -0.907. The lowest BCUT2D eigenvalue weighted by atomic mass is 10.2. The van der Waals surface area contributed by atoms with Crippen LogP contribution >= 0.6 is 11.3 Å². The molecule has 0 radical (unpaired) electrons. The van der Waals surface area contributed by atoms with E-state index in [1.165, 1.54) is 24.5 Å². The van der Waals surface area contributed by atoms with Gasteiger partial charge in [-0.3, -0.25) is 4.79 Å². The molecule has 0 aliphatic heterocycles. The molecule has 0 saturated carbocycles. The average molecular weight is 352 g/mol. The summed E-state index contributed by atoms with van der Waals surface area (Å²) in [5.41, 5.74) is 1.58. The van der Waals surface area contributed by atoms with Crippen LogP contribution in [0.1, 0.15) is 16.6 Å². The largest absolute Gasteiger partial charge is 0.448 e. The number of ether oxygens (including phenoxy) is 1. The zero-order valence-electron chi connectivity index (χ0n) is 13.5. The maximum atomic E-state index is 12.2. The molecule has 0 saturated heterocycles. The molecule has 1 atom stereocenters. The number of carbonyl (C=O) groups excluding carboxylic acids is 2. The summed E-state index contributed by atoms with van der Waals surface area (Å²) >= 11 is 1.23. The Kier molecular flexibility index (Phi) is 5.20. The third-order valence-corrected chi connectivity index (χ3v) is 4.45. The van der Waals surface area contributed by atoms with Crippen molar-refractivity contribution in [3.05, 3.63) is 71.7 Å². The first-order valence-corrected chi connectivity index (χ1v) is 8.53. The van der Waals surface area contributed by atoms with Gasteiger partial charge in [-0.05, 0) is 19.1 Å². The van der Waals surface area contributed by atoms with Crippen LogP contribution in [-0.2, 0) is 9.53 Å². The van der Waals surface area contributed by atoms with Gasteiger partial charge in [-0.1, -0.05) is 48.5 Å². The Hall–Kier alpha value is -2.99. The summed E-state index contributed by atoms with van der Waals surface area (Å²) in [4.78, 5) is 28.9. The van der Waals surface area contributed by atoms with E-state index in [2.05, 4.69) is 10.3 Å². The highest BCUT2D eigenvalue weighted by Crippen LogP contribution is 2.25. The maximum absolute atomic E-state index is 12.2. The van der Waals surface area contributed by atoms with Crippen LogP contribution in [-0.4, -0.2) is 23.0 Å². The number of carbonyl (C=O) groups is 2. The normalized spacial score (nSPS) is 11.6. The summed E-state index contributed by atoms with van der Waals surface area (Å²) in [7, 11) is 0.